The summed E-state index contributed by atoms with van der Waals surface area (Å²) in [7, 11) is 0. The molecule has 0 saturated carbocycles. The molecule has 0 aliphatic heterocycles. The average Bonchev–Trinajstić information content (AvgIpc) is 2.62. The van der Waals surface area contributed by atoms with Gasteiger partial charge in [0.25, 0.3) is 0 Å². The van der Waals surface area contributed by atoms with Crippen molar-refractivity contribution >= 4 is 18.4 Å². The van der Waals surface area contributed by atoms with Gasteiger partial charge in [-0.05, 0) is 0 Å². The van der Waals surface area contributed by atoms with Gasteiger partial charge in [0.1, 0.15) is 0 Å². The van der Waals surface area contributed by atoms with Gasteiger partial charge in [0, 0.05) is 0 Å². The van der Waals surface area contributed by atoms with Crippen LogP contribution in [0.1, 0.15) is 71.0 Å². The molecule has 1 aromatic carbocycles. The van der Waals surface area contributed by atoms with Crippen LogP contribution in [-0.2, 0) is 0 Å². The second-order valence-electron chi connectivity index (χ2n) is 7.46. The van der Waals surface area contributed by atoms with Gasteiger partial charge in [-0.3, -0.25) is 0 Å². The summed E-state index contributed by atoms with van der Waals surface area (Å²) in [6.45, 7) is 11.3. The number of rotatable bonds is 13. The molecule has 0 aliphatic rings. The molecule has 1 rings (SSSR count). The van der Waals surface area contributed by atoms with E-state index in [9.17, 15) is 5.11 Å². The molecule has 0 bridgehead atoms. The summed E-state index contributed by atoms with van der Waals surface area (Å²) in [5, 5.41) is 10.8. The molecular formula is C22H38OSn. The molecule has 0 saturated heterocycles. The van der Waals surface area contributed by atoms with Crippen LogP contribution < -0.4 is 0 Å². The van der Waals surface area contributed by atoms with Crippen LogP contribution >= 0.6 is 0 Å². The topological polar surface area (TPSA) is 20.2 Å². The van der Waals surface area contributed by atoms with Gasteiger partial charge in [0.2, 0.25) is 0 Å². The maximum atomic E-state index is 10.8. The van der Waals surface area contributed by atoms with Gasteiger partial charge < -0.3 is 0 Å². The van der Waals surface area contributed by atoms with Crippen LogP contribution in [0.5, 0.6) is 0 Å². The Bertz CT molecular complexity index is 433. The van der Waals surface area contributed by atoms with Crippen molar-refractivity contribution in [3.8, 4) is 0 Å². The zero-order valence-corrected chi connectivity index (χ0v) is 19.0. The molecule has 1 nitrogen and oxygen atoms in total. The van der Waals surface area contributed by atoms with Crippen LogP contribution in [0.25, 0.3) is 0 Å². The molecule has 1 aromatic rings. The minimum atomic E-state index is -2.25. The predicted molar refractivity (Wildman–Crippen MR) is 110 cm³/mol. The molecule has 0 fully saturated rings. The molecule has 1 atom stereocenters. The van der Waals surface area contributed by atoms with E-state index in [0.717, 1.165) is 11.1 Å². The fourth-order valence-electron chi connectivity index (χ4n) is 3.74. The Labute approximate surface area is 154 Å². The Kier molecular flexibility index (Phi) is 11.0. The van der Waals surface area contributed by atoms with Gasteiger partial charge in [-0.1, -0.05) is 0 Å². The second kappa shape index (κ2) is 12.1. The summed E-state index contributed by atoms with van der Waals surface area (Å²) in [5.41, 5.74) is 2.09. The Balaban J connectivity index is 2.88. The van der Waals surface area contributed by atoms with E-state index in [1.807, 2.05) is 30.3 Å². The van der Waals surface area contributed by atoms with E-state index in [2.05, 4.69) is 27.4 Å². The van der Waals surface area contributed by atoms with Crippen molar-refractivity contribution in [2.75, 3.05) is 0 Å². The fraction of sp³-hybridized carbons (Fsp3) is 0.636. The van der Waals surface area contributed by atoms with Crippen molar-refractivity contribution in [3.05, 3.63) is 48.0 Å². The number of hydrogen-bond acceptors (Lipinski definition) is 1. The molecule has 24 heavy (non-hydrogen) atoms. The van der Waals surface area contributed by atoms with E-state index < -0.39 is 24.5 Å². The van der Waals surface area contributed by atoms with Gasteiger partial charge >= 0.3 is 155 Å². The summed E-state index contributed by atoms with van der Waals surface area (Å²) < 4.78 is 5.61. The molecule has 2 heteroatoms. The monoisotopic (exact) mass is 438 g/mol. The SMILES string of the molecule is C=C([CH2][Sn]([CH2]CCC)([CH2]CCC)[CH2]CCC)C(O)c1ccccc1. The number of benzene rings is 1. The van der Waals surface area contributed by atoms with E-state index in [4.69, 9.17) is 0 Å². The number of aliphatic hydroxyl groups is 1. The van der Waals surface area contributed by atoms with E-state index >= 15 is 0 Å². The zero-order chi connectivity index (χ0) is 17.8. The predicted octanol–water partition coefficient (Wildman–Crippen LogP) is 7.13. The summed E-state index contributed by atoms with van der Waals surface area (Å²) in [5.74, 6) is 0. The molecule has 0 radical (unpaired) electrons. The van der Waals surface area contributed by atoms with Crippen LogP contribution in [0.3, 0.4) is 0 Å². The Morgan fingerprint density at radius 3 is 1.79 bits per heavy atom. The first-order chi connectivity index (χ1) is 11.6. The van der Waals surface area contributed by atoms with Crippen molar-refractivity contribution < 1.29 is 5.11 Å². The van der Waals surface area contributed by atoms with Crippen molar-refractivity contribution in [3.63, 3.8) is 0 Å². The molecule has 0 amide bonds. The van der Waals surface area contributed by atoms with Crippen molar-refractivity contribution in [2.24, 2.45) is 0 Å². The van der Waals surface area contributed by atoms with Crippen LogP contribution in [0.2, 0.25) is 17.7 Å². The summed E-state index contributed by atoms with van der Waals surface area (Å²) >= 11 is -2.25. The Morgan fingerprint density at radius 1 is 0.917 bits per heavy atom. The first kappa shape index (κ1) is 21.8. The van der Waals surface area contributed by atoms with Crippen molar-refractivity contribution in [2.45, 2.75) is 83.1 Å². The molecule has 0 aliphatic carbocycles. The number of aliphatic hydroxyl groups excluding tert-OH is 1. The van der Waals surface area contributed by atoms with E-state index in [1.165, 1.54) is 56.3 Å². The third-order valence-electron chi connectivity index (χ3n) is 5.29. The van der Waals surface area contributed by atoms with E-state index in [1.54, 1.807) is 0 Å². The molecule has 1 N–H and O–H groups in total. The van der Waals surface area contributed by atoms with Gasteiger partial charge in [-0.15, -0.1) is 0 Å². The molecule has 1 unspecified atom stereocenters. The van der Waals surface area contributed by atoms with Crippen LogP contribution in [0.4, 0.5) is 0 Å². The quantitative estimate of drug-likeness (QED) is 0.257. The van der Waals surface area contributed by atoms with Gasteiger partial charge in [-0.25, -0.2) is 0 Å². The standard InChI is InChI=1S/C10H11O.3C4H9.Sn/c1-8(2)10(11)9-6-4-3-5-7-9;3*1-3-4-2;/h3-7,10-11H,1-2H2;3*1,3-4H2,2H3;. The molecule has 0 heterocycles. The minimum absolute atomic E-state index is 0.479. The fourth-order valence-corrected chi connectivity index (χ4v) is 20.1. The van der Waals surface area contributed by atoms with Crippen molar-refractivity contribution in [1.82, 2.24) is 0 Å². The molecular weight excluding hydrogens is 399 g/mol. The first-order valence-corrected chi connectivity index (χ1v) is 18.1. The third kappa shape index (κ3) is 7.31. The second-order valence-corrected chi connectivity index (χ2v) is 21.3. The van der Waals surface area contributed by atoms with Crippen LogP contribution in [-0.4, -0.2) is 23.5 Å². The van der Waals surface area contributed by atoms with Crippen molar-refractivity contribution in [1.29, 1.82) is 0 Å². The van der Waals surface area contributed by atoms with Crippen LogP contribution in [0, 0.1) is 0 Å². The van der Waals surface area contributed by atoms with Crippen LogP contribution in [0.15, 0.2) is 42.5 Å². The molecule has 136 valence electrons. The number of hydrogen-bond donors (Lipinski definition) is 1. The normalized spacial score (nSPS) is 13.0. The Hall–Kier alpha value is -0.281. The van der Waals surface area contributed by atoms with Gasteiger partial charge in [-0.2, -0.15) is 0 Å². The van der Waals surface area contributed by atoms with E-state index in [-0.39, 0.29) is 0 Å². The van der Waals surface area contributed by atoms with Gasteiger partial charge in [0.15, 0.2) is 0 Å². The zero-order valence-electron chi connectivity index (χ0n) is 16.2. The Morgan fingerprint density at radius 2 is 1.38 bits per heavy atom. The summed E-state index contributed by atoms with van der Waals surface area (Å²) in [6.07, 6.45) is 7.53. The first-order valence-electron chi connectivity index (χ1n) is 9.99. The summed E-state index contributed by atoms with van der Waals surface area (Å²) in [6, 6.07) is 10.1. The number of unbranched alkanes of at least 4 members (excludes halogenated alkanes) is 3. The van der Waals surface area contributed by atoms with Gasteiger partial charge in [0.05, 0.1) is 0 Å². The maximum absolute atomic E-state index is 10.8. The average molecular weight is 437 g/mol. The van der Waals surface area contributed by atoms with E-state index in [0.29, 0.717) is 0 Å². The molecule has 0 aromatic heterocycles. The third-order valence-corrected chi connectivity index (χ3v) is 20.8. The summed E-state index contributed by atoms with van der Waals surface area (Å²) in [4.78, 5) is 0. The molecule has 0 spiro atoms.